The smallest absolute Gasteiger partial charge is 0.138 e. The van der Waals surface area contributed by atoms with Crippen LogP contribution in [0.2, 0.25) is 0 Å². The van der Waals surface area contributed by atoms with E-state index in [4.69, 9.17) is 0 Å². The molecule has 5 heteroatoms. The van der Waals surface area contributed by atoms with E-state index < -0.39 is 0 Å². The molecule has 0 amide bonds. The van der Waals surface area contributed by atoms with Crippen molar-refractivity contribution in [2.75, 3.05) is 20.1 Å². The molecule has 1 fully saturated rings. The van der Waals surface area contributed by atoms with Crippen LogP contribution in [0.1, 0.15) is 12.8 Å². The molecular formula is C14H17BrFN3. The minimum Gasteiger partial charge on any atom is -0.306 e. The van der Waals surface area contributed by atoms with E-state index in [-0.39, 0.29) is 5.82 Å². The Labute approximate surface area is 120 Å². The summed E-state index contributed by atoms with van der Waals surface area (Å²) in [5, 5.41) is 5.28. The minimum absolute atomic E-state index is 0.230. The van der Waals surface area contributed by atoms with Gasteiger partial charge in [-0.25, -0.2) is 4.39 Å². The predicted octanol–water partition coefficient (Wildman–Crippen LogP) is 3.28. The quantitative estimate of drug-likeness (QED) is 0.844. The first kappa shape index (κ1) is 13.1. The van der Waals surface area contributed by atoms with Gasteiger partial charge in [-0.2, -0.15) is 5.10 Å². The van der Waals surface area contributed by atoms with Crippen LogP contribution in [-0.4, -0.2) is 34.8 Å². The molecule has 0 spiro atoms. The number of hydrogen-bond acceptors (Lipinski definition) is 2. The van der Waals surface area contributed by atoms with Gasteiger partial charge in [-0.05, 0) is 67.0 Å². The highest BCUT2D eigenvalue weighted by molar-refractivity contribution is 9.10. The number of rotatable bonds is 2. The van der Waals surface area contributed by atoms with Crippen LogP contribution in [0.15, 0.2) is 22.8 Å². The largest absolute Gasteiger partial charge is 0.306 e. The third-order valence-electron chi connectivity index (χ3n) is 3.95. The summed E-state index contributed by atoms with van der Waals surface area (Å²) in [4.78, 5) is 2.36. The third-order valence-corrected chi connectivity index (χ3v) is 4.56. The van der Waals surface area contributed by atoms with Gasteiger partial charge < -0.3 is 4.90 Å². The molecule has 1 saturated heterocycles. The van der Waals surface area contributed by atoms with E-state index >= 15 is 0 Å². The first-order valence-corrected chi connectivity index (χ1v) is 7.42. The fourth-order valence-electron chi connectivity index (χ4n) is 2.71. The zero-order valence-corrected chi connectivity index (χ0v) is 12.5. The monoisotopic (exact) mass is 325 g/mol. The maximum atomic E-state index is 13.5. The van der Waals surface area contributed by atoms with Crippen LogP contribution >= 0.6 is 15.9 Å². The number of nitrogens with zero attached hydrogens (tertiary/aromatic N) is 3. The van der Waals surface area contributed by atoms with Crippen molar-refractivity contribution < 1.29 is 4.39 Å². The third kappa shape index (κ3) is 2.67. The van der Waals surface area contributed by atoms with Crippen molar-refractivity contribution in [3.05, 3.63) is 28.6 Å². The van der Waals surface area contributed by atoms with Gasteiger partial charge in [0.05, 0.1) is 16.2 Å². The molecule has 2 aromatic rings. The minimum atomic E-state index is -0.230. The highest BCUT2D eigenvalue weighted by Crippen LogP contribution is 2.25. The molecule has 0 saturated carbocycles. The SMILES string of the molecule is CN1CCC(Cn2ncc3cc(F)c(Br)cc32)CC1. The van der Waals surface area contributed by atoms with Crippen LogP contribution in [-0.2, 0) is 6.54 Å². The Balaban J connectivity index is 1.83. The summed E-state index contributed by atoms with van der Waals surface area (Å²) in [5.74, 6) is 0.439. The van der Waals surface area contributed by atoms with Crippen LogP contribution in [0.5, 0.6) is 0 Å². The number of halogens is 2. The second kappa shape index (κ2) is 5.21. The maximum absolute atomic E-state index is 13.5. The summed E-state index contributed by atoms with van der Waals surface area (Å²) in [6, 6.07) is 3.37. The highest BCUT2D eigenvalue weighted by Gasteiger charge is 2.18. The van der Waals surface area contributed by atoms with Crippen LogP contribution < -0.4 is 0 Å². The number of fused-ring (bicyclic) bond motifs is 1. The van der Waals surface area contributed by atoms with Crippen molar-refractivity contribution >= 4 is 26.8 Å². The summed E-state index contributed by atoms with van der Waals surface area (Å²) >= 11 is 3.25. The summed E-state index contributed by atoms with van der Waals surface area (Å²) in [6.45, 7) is 3.24. The van der Waals surface area contributed by atoms with E-state index in [0.717, 1.165) is 30.5 Å². The normalized spacial score (nSPS) is 18.3. The van der Waals surface area contributed by atoms with Gasteiger partial charge >= 0.3 is 0 Å². The fraction of sp³-hybridized carbons (Fsp3) is 0.500. The van der Waals surface area contributed by atoms with Gasteiger partial charge in [0, 0.05) is 11.9 Å². The second-order valence-corrected chi connectivity index (χ2v) is 6.25. The Hall–Kier alpha value is -0.940. The number of likely N-dealkylation sites (tertiary alicyclic amines) is 1. The Bertz CT molecular complexity index is 588. The maximum Gasteiger partial charge on any atom is 0.138 e. The van der Waals surface area contributed by atoms with Crippen molar-refractivity contribution in [2.45, 2.75) is 19.4 Å². The van der Waals surface area contributed by atoms with Crippen molar-refractivity contribution in [3.63, 3.8) is 0 Å². The molecular weight excluding hydrogens is 309 g/mol. The molecule has 3 rings (SSSR count). The summed E-state index contributed by atoms with van der Waals surface area (Å²) in [6.07, 6.45) is 4.17. The van der Waals surface area contributed by atoms with Gasteiger partial charge in [0.1, 0.15) is 5.82 Å². The predicted molar refractivity (Wildman–Crippen MR) is 77.6 cm³/mol. The second-order valence-electron chi connectivity index (χ2n) is 5.40. The Kier molecular flexibility index (Phi) is 3.58. The van der Waals surface area contributed by atoms with Crippen molar-refractivity contribution in [1.29, 1.82) is 0 Å². The topological polar surface area (TPSA) is 21.1 Å². The molecule has 2 heterocycles. The number of hydrogen-bond donors (Lipinski definition) is 0. The average molecular weight is 326 g/mol. The van der Waals surface area contributed by atoms with Gasteiger partial charge in [-0.15, -0.1) is 0 Å². The highest BCUT2D eigenvalue weighted by atomic mass is 79.9. The molecule has 3 nitrogen and oxygen atoms in total. The van der Waals surface area contributed by atoms with Crippen LogP contribution in [0, 0.1) is 11.7 Å². The summed E-state index contributed by atoms with van der Waals surface area (Å²) in [7, 11) is 2.17. The van der Waals surface area contributed by atoms with Crippen molar-refractivity contribution in [3.8, 4) is 0 Å². The molecule has 0 atom stereocenters. The zero-order valence-electron chi connectivity index (χ0n) is 10.9. The van der Waals surface area contributed by atoms with Gasteiger partial charge in [-0.1, -0.05) is 0 Å². The first-order valence-electron chi connectivity index (χ1n) is 6.62. The van der Waals surface area contributed by atoms with Crippen molar-refractivity contribution in [1.82, 2.24) is 14.7 Å². The van der Waals surface area contributed by atoms with Gasteiger partial charge in [0.15, 0.2) is 0 Å². The van der Waals surface area contributed by atoms with Crippen LogP contribution in [0.4, 0.5) is 4.39 Å². The van der Waals surface area contributed by atoms with Crippen LogP contribution in [0.3, 0.4) is 0 Å². The lowest BCUT2D eigenvalue weighted by Crippen LogP contribution is -2.32. The summed E-state index contributed by atoms with van der Waals surface area (Å²) < 4.78 is 16.0. The number of piperidine rings is 1. The molecule has 1 aromatic carbocycles. The fourth-order valence-corrected chi connectivity index (χ4v) is 3.04. The van der Waals surface area contributed by atoms with Crippen molar-refractivity contribution in [2.24, 2.45) is 5.92 Å². The van der Waals surface area contributed by atoms with E-state index in [9.17, 15) is 4.39 Å². The standard InChI is InChI=1S/C14H17BrFN3/c1-18-4-2-10(3-5-18)9-19-14-7-12(15)13(16)6-11(14)8-17-19/h6-8,10H,2-5,9H2,1H3. The number of benzene rings is 1. The van der Waals surface area contributed by atoms with E-state index in [2.05, 4.69) is 33.0 Å². The molecule has 0 radical (unpaired) electrons. The molecule has 0 N–H and O–H groups in total. The summed E-state index contributed by atoms with van der Waals surface area (Å²) in [5.41, 5.74) is 1.01. The zero-order chi connectivity index (χ0) is 13.4. The number of aromatic nitrogens is 2. The van der Waals surface area contributed by atoms with E-state index in [1.807, 2.05) is 10.7 Å². The molecule has 0 aliphatic carbocycles. The lowest BCUT2D eigenvalue weighted by Gasteiger charge is -2.28. The molecule has 102 valence electrons. The van der Waals surface area contributed by atoms with E-state index in [1.54, 1.807) is 6.20 Å². The molecule has 0 bridgehead atoms. The Morgan fingerprint density at radius 1 is 1.37 bits per heavy atom. The van der Waals surface area contributed by atoms with Gasteiger partial charge in [-0.3, -0.25) is 4.68 Å². The van der Waals surface area contributed by atoms with E-state index in [1.165, 1.54) is 18.9 Å². The Morgan fingerprint density at radius 2 is 2.11 bits per heavy atom. The first-order chi connectivity index (χ1) is 9.13. The van der Waals surface area contributed by atoms with Gasteiger partial charge in [0.25, 0.3) is 0 Å². The lowest BCUT2D eigenvalue weighted by atomic mass is 9.97. The average Bonchev–Trinajstić information content (AvgIpc) is 2.76. The molecule has 0 unspecified atom stereocenters. The molecule has 1 aliphatic rings. The molecule has 1 aliphatic heterocycles. The van der Waals surface area contributed by atoms with Gasteiger partial charge in [0.2, 0.25) is 0 Å². The molecule has 19 heavy (non-hydrogen) atoms. The molecule has 1 aromatic heterocycles. The lowest BCUT2D eigenvalue weighted by molar-refractivity contribution is 0.202. The van der Waals surface area contributed by atoms with E-state index in [0.29, 0.717) is 10.4 Å². The Morgan fingerprint density at radius 3 is 2.84 bits per heavy atom. The van der Waals surface area contributed by atoms with Crippen LogP contribution in [0.25, 0.3) is 10.9 Å².